The maximum absolute atomic E-state index is 5.75. The van der Waals surface area contributed by atoms with Crippen molar-refractivity contribution < 1.29 is 0 Å². The summed E-state index contributed by atoms with van der Waals surface area (Å²) in [5.41, 5.74) is 6.64. The predicted molar refractivity (Wildman–Crippen MR) is 76.8 cm³/mol. The van der Waals surface area contributed by atoms with Crippen molar-refractivity contribution in [2.24, 2.45) is 11.1 Å². The molecule has 0 radical (unpaired) electrons. The molecule has 0 unspecified atom stereocenters. The first-order valence-electron chi connectivity index (χ1n) is 5.84. The number of nitrogens with two attached hydrogens (primary N) is 1. The summed E-state index contributed by atoms with van der Waals surface area (Å²) in [6.07, 6.45) is 1.90. The van der Waals surface area contributed by atoms with Gasteiger partial charge in [0.05, 0.1) is 0 Å². The van der Waals surface area contributed by atoms with Crippen molar-refractivity contribution in [1.82, 2.24) is 14.6 Å². The van der Waals surface area contributed by atoms with E-state index in [1.807, 2.05) is 30.3 Å². The van der Waals surface area contributed by atoms with E-state index in [4.69, 9.17) is 5.73 Å². The third kappa shape index (κ3) is 2.81. The van der Waals surface area contributed by atoms with Crippen molar-refractivity contribution >= 4 is 27.5 Å². The van der Waals surface area contributed by atoms with Crippen LogP contribution in [0.25, 0.3) is 5.65 Å². The quantitative estimate of drug-likeness (QED) is 0.937. The fourth-order valence-electron chi connectivity index (χ4n) is 1.79. The molecule has 0 atom stereocenters. The molecular formula is C12H18BrN5. The van der Waals surface area contributed by atoms with E-state index in [1.54, 1.807) is 4.52 Å². The lowest BCUT2D eigenvalue weighted by Gasteiger charge is -2.28. The van der Waals surface area contributed by atoms with Crippen LogP contribution in [0.2, 0.25) is 0 Å². The number of hydrogen-bond donors (Lipinski definition) is 1. The van der Waals surface area contributed by atoms with Crippen LogP contribution in [-0.4, -0.2) is 34.7 Å². The van der Waals surface area contributed by atoms with E-state index in [9.17, 15) is 0 Å². The molecule has 18 heavy (non-hydrogen) atoms. The van der Waals surface area contributed by atoms with Gasteiger partial charge in [-0.05, 0) is 40.0 Å². The summed E-state index contributed by atoms with van der Waals surface area (Å²) in [7, 11) is 1.99. The minimum atomic E-state index is 0.0484. The molecule has 2 aromatic heterocycles. The molecule has 0 fully saturated rings. The van der Waals surface area contributed by atoms with E-state index in [0.29, 0.717) is 6.54 Å². The number of rotatable bonds is 4. The number of hydrogen-bond acceptors (Lipinski definition) is 4. The fraction of sp³-hybridized carbons (Fsp3) is 0.500. The van der Waals surface area contributed by atoms with Gasteiger partial charge in [-0.1, -0.05) is 13.8 Å². The topological polar surface area (TPSA) is 59.5 Å². The van der Waals surface area contributed by atoms with Crippen LogP contribution >= 0.6 is 15.9 Å². The zero-order valence-corrected chi connectivity index (χ0v) is 12.5. The van der Waals surface area contributed by atoms with Gasteiger partial charge >= 0.3 is 0 Å². The molecule has 2 heterocycles. The Morgan fingerprint density at radius 3 is 2.83 bits per heavy atom. The summed E-state index contributed by atoms with van der Waals surface area (Å²) in [5.74, 6) is 0.717. The molecule has 0 aliphatic heterocycles. The highest BCUT2D eigenvalue weighted by Gasteiger charge is 2.20. The van der Waals surface area contributed by atoms with Crippen LogP contribution in [0.15, 0.2) is 22.8 Å². The largest absolute Gasteiger partial charge is 0.342 e. The molecule has 0 saturated heterocycles. The first-order chi connectivity index (χ1) is 8.41. The Morgan fingerprint density at radius 1 is 1.44 bits per heavy atom. The van der Waals surface area contributed by atoms with Crippen LogP contribution in [0, 0.1) is 5.41 Å². The Balaban J connectivity index is 2.25. The standard InChI is InChI=1S/C12H18BrN5/c1-12(2,7-14)8-17(3)11-15-10-5-4-9(13)6-18(10)16-11/h4-6H,7-8,14H2,1-3H3. The molecule has 0 saturated carbocycles. The summed E-state index contributed by atoms with van der Waals surface area (Å²) in [6, 6.07) is 3.89. The van der Waals surface area contributed by atoms with Gasteiger partial charge in [-0.3, -0.25) is 0 Å². The lowest BCUT2D eigenvalue weighted by atomic mass is 9.93. The van der Waals surface area contributed by atoms with Gasteiger partial charge in [0.1, 0.15) is 0 Å². The molecule has 0 amide bonds. The minimum Gasteiger partial charge on any atom is -0.342 e. The molecule has 2 N–H and O–H groups in total. The summed E-state index contributed by atoms with van der Waals surface area (Å²) in [4.78, 5) is 6.52. The average molecular weight is 312 g/mol. The van der Waals surface area contributed by atoms with Crippen LogP contribution in [0.1, 0.15) is 13.8 Å². The Labute approximate surface area is 115 Å². The molecular weight excluding hydrogens is 294 g/mol. The van der Waals surface area contributed by atoms with Gasteiger partial charge in [0.15, 0.2) is 5.65 Å². The van der Waals surface area contributed by atoms with E-state index in [0.717, 1.165) is 22.6 Å². The lowest BCUT2D eigenvalue weighted by molar-refractivity contribution is 0.383. The van der Waals surface area contributed by atoms with Crippen LogP contribution < -0.4 is 10.6 Å². The highest BCUT2D eigenvalue weighted by Crippen LogP contribution is 2.18. The van der Waals surface area contributed by atoms with Crippen molar-refractivity contribution in [1.29, 1.82) is 0 Å². The van der Waals surface area contributed by atoms with Gasteiger partial charge < -0.3 is 10.6 Å². The van der Waals surface area contributed by atoms with E-state index in [1.165, 1.54) is 0 Å². The van der Waals surface area contributed by atoms with E-state index in [-0.39, 0.29) is 5.41 Å². The molecule has 0 bridgehead atoms. The van der Waals surface area contributed by atoms with Gasteiger partial charge in [-0.15, -0.1) is 5.10 Å². The van der Waals surface area contributed by atoms with Gasteiger partial charge in [-0.25, -0.2) is 4.52 Å². The Morgan fingerprint density at radius 2 is 2.17 bits per heavy atom. The Kier molecular flexibility index (Phi) is 3.59. The zero-order chi connectivity index (χ0) is 13.3. The molecule has 0 spiro atoms. The Bertz CT molecular complexity index is 548. The zero-order valence-electron chi connectivity index (χ0n) is 10.9. The molecule has 0 aromatic carbocycles. The summed E-state index contributed by atoms with van der Waals surface area (Å²) < 4.78 is 2.75. The molecule has 0 aliphatic rings. The number of pyridine rings is 1. The number of fused-ring (bicyclic) bond motifs is 1. The van der Waals surface area contributed by atoms with Crippen molar-refractivity contribution in [3.8, 4) is 0 Å². The van der Waals surface area contributed by atoms with Crippen molar-refractivity contribution in [2.45, 2.75) is 13.8 Å². The average Bonchev–Trinajstić information content (AvgIpc) is 2.71. The van der Waals surface area contributed by atoms with E-state index in [2.05, 4.69) is 39.9 Å². The summed E-state index contributed by atoms with van der Waals surface area (Å²) >= 11 is 3.42. The van der Waals surface area contributed by atoms with Gasteiger partial charge in [0.25, 0.3) is 0 Å². The number of aromatic nitrogens is 3. The SMILES string of the molecule is CN(CC(C)(C)CN)c1nc2ccc(Br)cn2n1. The third-order valence-corrected chi connectivity index (χ3v) is 3.31. The van der Waals surface area contributed by atoms with E-state index < -0.39 is 0 Å². The number of halogens is 1. The van der Waals surface area contributed by atoms with Gasteiger partial charge in [0, 0.05) is 24.3 Å². The van der Waals surface area contributed by atoms with Crippen LogP contribution in [0.4, 0.5) is 5.95 Å². The third-order valence-electron chi connectivity index (χ3n) is 2.84. The van der Waals surface area contributed by atoms with Gasteiger partial charge in [0.2, 0.25) is 5.95 Å². The lowest BCUT2D eigenvalue weighted by Crippen LogP contribution is -2.37. The first kappa shape index (κ1) is 13.3. The second-order valence-electron chi connectivity index (χ2n) is 5.29. The van der Waals surface area contributed by atoms with Crippen LogP contribution in [0.5, 0.6) is 0 Å². The molecule has 0 aliphatic carbocycles. The van der Waals surface area contributed by atoms with Crippen molar-refractivity contribution in [3.05, 3.63) is 22.8 Å². The monoisotopic (exact) mass is 311 g/mol. The summed E-state index contributed by atoms with van der Waals surface area (Å²) in [5, 5.41) is 4.45. The highest BCUT2D eigenvalue weighted by molar-refractivity contribution is 9.10. The maximum atomic E-state index is 5.75. The normalized spacial score (nSPS) is 12.1. The smallest absolute Gasteiger partial charge is 0.245 e. The summed E-state index contributed by atoms with van der Waals surface area (Å²) in [6.45, 7) is 5.73. The van der Waals surface area contributed by atoms with Crippen molar-refractivity contribution in [3.63, 3.8) is 0 Å². The molecule has 5 nitrogen and oxygen atoms in total. The van der Waals surface area contributed by atoms with Crippen molar-refractivity contribution in [2.75, 3.05) is 25.0 Å². The highest BCUT2D eigenvalue weighted by atomic mass is 79.9. The van der Waals surface area contributed by atoms with Crippen LogP contribution in [-0.2, 0) is 0 Å². The Hall–Kier alpha value is -1.14. The molecule has 98 valence electrons. The number of anilines is 1. The number of nitrogens with zero attached hydrogens (tertiary/aromatic N) is 4. The minimum absolute atomic E-state index is 0.0484. The fourth-order valence-corrected chi connectivity index (χ4v) is 2.11. The maximum Gasteiger partial charge on any atom is 0.245 e. The first-order valence-corrected chi connectivity index (χ1v) is 6.64. The second kappa shape index (κ2) is 4.85. The molecule has 2 rings (SSSR count). The van der Waals surface area contributed by atoms with Crippen LogP contribution in [0.3, 0.4) is 0 Å². The second-order valence-corrected chi connectivity index (χ2v) is 6.20. The molecule has 6 heteroatoms. The van der Waals surface area contributed by atoms with E-state index >= 15 is 0 Å². The van der Waals surface area contributed by atoms with Gasteiger partial charge in [-0.2, -0.15) is 4.98 Å². The predicted octanol–water partition coefficient (Wildman–Crippen LogP) is 1.91. The molecule has 2 aromatic rings.